The third-order valence-electron chi connectivity index (χ3n) is 4.31. The number of hydrogen-bond donors (Lipinski definition) is 1. The summed E-state index contributed by atoms with van der Waals surface area (Å²) >= 11 is 0. The smallest absolute Gasteiger partial charge is 0.258 e. The lowest BCUT2D eigenvalue weighted by molar-refractivity contribution is -0.124. The summed E-state index contributed by atoms with van der Waals surface area (Å²) in [4.78, 5) is 12.1. The second kappa shape index (κ2) is 7.74. The molecule has 0 aliphatic carbocycles. The van der Waals surface area contributed by atoms with Crippen LogP contribution in [-0.4, -0.2) is 50.6 Å². The molecule has 0 saturated carbocycles. The van der Waals surface area contributed by atoms with Gasteiger partial charge in [0.1, 0.15) is 5.75 Å². The summed E-state index contributed by atoms with van der Waals surface area (Å²) in [5, 5.41) is 2.86. The maximum Gasteiger partial charge on any atom is 0.258 e. The van der Waals surface area contributed by atoms with Gasteiger partial charge >= 0.3 is 0 Å². The molecule has 1 aromatic rings. The van der Waals surface area contributed by atoms with Crippen LogP contribution in [0, 0.1) is 0 Å². The number of ether oxygens (including phenoxy) is 1. The molecule has 25 heavy (non-hydrogen) atoms. The van der Waals surface area contributed by atoms with E-state index in [9.17, 15) is 13.2 Å². The first-order chi connectivity index (χ1) is 11.6. The number of carbonyl (C=O) groups is 1. The lowest BCUT2D eigenvalue weighted by Crippen LogP contribution is -2.50. The number of carbonyl (C=O) groups excluding carboxylic acids is 1. The van der Waals surface area contributed by atoms with Gasteiger partial charge in [0.05, 0.1) is 6.26 Å². The molecular weight excluding hydrogens is 340 g/mol. The van der Waals surface area contributed by atoms with Gasteiger partial charge in [-0.25, -0.2) is 12.7 Å². The third kappa shape index (κ3) is 6.01. The Bertz CT molecular complexity index is 693. The number of rotatable bonds is 5. The van der Waals surface area contributed by atoms with Crippen LogP contribution in [0.5, 0.6) is 5.75 Å². The first-order valence-corrected chi connectivity index (χ1v) is 10.4. The van der Waals surface area contributed by atoms with Crippen LogP contribution in [0.4, 0.5) is 0 Å². The van der Waals surface area contributed by atoms with Crippen LogP contribution in [0.15, 0.2) is 24.3 Å². The second-order valence-corrected chi connectivity index (χ2v) is 9.57. The van der Waals surface area contributed by atoms with Crippen molar-refractivity contribution in [3.63, 3.8) is 0 Å². The summed E-state index contributed by atoms with van der Waals surface area (Å²) in [6.45, 7) is 7.18. The molecular formula is C18H28N2O4S. The molecule has 0 unspecified atom stereocenters. The summed E-state index contributed by atoms with van der Waals surface area (Å²) < 4.78 is 30.2. The molecule has 1 atom stereocenters. The van der Waals surface area contributed by atoms with Crippen LogP contribution in [0.1, 0.15) is 39.2 Å². The molecule has 1 saturated heterocycles. The normalized spacial score (nSPS) is 19.4. The van der Waals surface area contributed by atoms with Gasteiger partial charge in [-0.2, -0.15) is 0 Å². The van der Waals surface area contributed by atoms with Crippen molar-refractivity contribution in [2.75, 3.05) is 26.0 Å². The van der Waals surface area contributed by atoms with Gasteiger partial charge in [-0.05, 0) is 36.0 Å². The van der Waals surface area contributed by atoms with Crippen LogP contribution in [0.25, 0.3) is 0 Å². The van der Waals surface area contributed by atoms with Crippen LogP contribution >= 0.6 is 0 Å². The molecule has 1 aliphatic heterocycles. The van der Waals surface area contributed by atoms with E-state index in [1.807, 2.05) is 24.3 Å². The van der Waals surface area contributed by atoms with Crippen molar-refractivity contribution in [1.29, 1.82) is 0 Å². The predicted octanol–water partition coefficient (Wildman–Crippen LogP) is 1.90. The monoisotopic (exact) mass is 368 g/mol. The Morgan fingerprint density at radius 3 is 2.48 bits per heavy atom. The molecule has 6 nitrogen and oxygen atoms in total. The zero-order chi connectivity index (χ0) is 18.7. The highest BCUT2D eigenvalue weighted by atomic mass is 32.2. The fraction of sp³-hybridized carbons (Fsp3) is 0.611. The number of hydrogen-bond acceptors (Lipinski definition) is 4. The lowest BCUT2D eigenvalue weighted by atomic mass is 9.87. The maximum absolute atomic E-state index is 12.1. The lowest BCUT2D eigenvalue weighted by Gasteiger charge is -2.31. The molecule has 1 fully saturated rings. The average Bonchev–Trinajstić information content (AvgIpc) is 2.52. The van der Waals surface area contributed by atoms with Gasteiger partial charge in [0.25, 0.3) is 5.91 Å². The molecule has 1 N–H and O–H groups in total. The van der Waals surface area contributed by atoms with Gasteiger partial charge in [-0.3, -0.25) is 4.79 Å². The van der Waals surface area contributed by atoms with E-state index in [1.165, 1.54) is 16.1 Å². The minimum absolute atomic E-state index is 0.0718. The number of nitrogens with one attached hydrogen (secondary N) is 1. The second-order valence-electron chi connectivity index (χ2n) is 7.59. The Balaban J connectivity index is 1.82. The number of sulfonamides is 1. The molecule has 1 aromatic carbocycles. The van der Waals surface area contributed by atoms with Gasteiger partial charge in [0.15, 0.2) is 6.61 Å². The fourth-order valence-corrected chi connectivity index (χ4v) is 3.74. The quantitative estimate of drug-likeness (QED) is 0.861. The predicted molar refractivity (Wildman–Crippen MR) is 98.2 cm³/mol. The van der Waals surface area contributed by atoms with Crippen molar-refractivity contribution >= 4 is 15.9 Å². The van der Waals surface area contributed by atoms with E-state index >= 15 is 0 Å². The van der Waals surface area contributed by atoms with E-state index in [1.54, 1.807) is 0 Å². The summed E-state index contributed by atoms with van der Waals surface area (Å²) in [6, 6.07) is 7.55. The minimum atomic E-state index is -3.22. The van der Waals surface area contributed by atoms with Crippen molar-refractivity contribution in [3.05, 3.63) is 29.8 Å². The molecule has 0 bridgehead atoms. The highest BCUT2D eigenvalue weighted by Gasteiger charge is 2.26. The van der Waals surface area contributed by atoms with E-state index in [4.69, 9.17) is 4.74 Å². The Hall–Kier alpha value is -1.60. The Labute approximate surface area is 150 Å². The third-order valence-corrected chi connectivity index (χ3v) is 5.58. The van der Waals surface area contributed by atoms with Crippen molar-refractivity contribution in [3.8, 4) is 5.75 Å². The molecule has 1 heterocycles. The van der Waals surface area contributed by atoms with Crippen LogP contribution in [0.2, 0.25) is 0 Å². The standard InChI is InChI=1S/C18H28N2O4S/c1-18(2,3)14-7-9-16(10-8-14)24-13-17(21)19-15-6-5-11-20(12-15)25(4,22)23/h7-10,15H,5-6,11-13H2,1-4H3,(H,19,21)/t15-/m1/s1. The van der Waals surface area contributed by atoms with Crippen LogP contribution in [0.3, 0.4) is 0 Å². The number of amides is 1. The molecule has 0 radical (unpaired) electrons. The van der Waals surface area contributed by atoms with E-state index in [0.29, 0.717) is 18.8 Å². The fourth-order valence-electron chi connectivity index (χ4n) is 2.83. The average molecular weight is 368 g/mol. The Morgan fingerprint density at radius 1 is 1.28 bits per heavy atom. The van der Waals surface area contributed by atoms with Gasteiger partial charge in [-0.15, -0.1) is 0 Å². The Kier molecular flexibility index (Phi) is 6.11. The van der Waals surface area contributed by atoms with Crippen molar-refractivity contribution in [2.24, 2.45) is 0 Å². The SMILES string of the molecule is CC(C)(C)c1ccc(OCC(=O)N[C@@H]2CCCN(S(C)(=O)=O)C2)cc1. The zero-order valence-electron chi connectivity index (χ0n) is 15.4. The summed E-state index contributed by atoms with van der Waals surface area (Å²) in [5.41, 5.74) is 1.27. The minimum Gasteiger partial charge on any atom is -0.484 e. The molecule has 2 rings (SSSR count). The molecule has 0 aromatic heterocycles. The van der Waals surface area contributed by atoms with E-state index < -0.39 is 10.0 Å². The number of benzene rings is 1. The Morgan fingerprint density at radius 2 is 1.92 bits per heavy atom. The largest absolute Gasteiger partial charge is 0.484 e. The van der Waals surface area contributed by atoms with Crippen molar-refractivity contribution < 1.29 is 17.9 Å². The van der Waals surface area contributed by atoms with E-state index in [-0.39, 0.29) is 24.0 Å². The summed E-state index contributed by atoms with van der Waals surface area (Å²) in [5.74, 6) is 0.407. The van der Waals surface area contributed by atoms with Gasteiger partial charge < -0.3 is 10.1 Å². The highest BCUT2D eigenvalue weighted by molar-refractivity contribution is 7.88. The number of nitrogens with zero attached hydrogens (tertiary/aromatic N) is 1. The molecule has 140 valence electrons. The highest BCUT2D eigenvalue weighted by Crippen LogP contribution is 2.24. The molecule has 1 aliphatic rings. The summed E-state index contributed by atoms with van der Waals surface area (Å²) in [7, 11) is -3.22. The molecule has 1 amide bonds. The van der Waals surface area contributed by atoms with Gasteiger partial charge in [0.2, 0.25) is 10.0 Å². The van der Waals surface area contributed by atoms with Crippen LogP contribution in [-0.2, 0) is 20.2 Å². The maximum atomic E-state index is 12.1. The topological polar surface area (TPSA) is 75.7 Å². The first-order valence-electron chi connectivity index (χ1n) is 8.53. The van der Waals surface area contributed by atoms with E-state index in [0.717, 1.165) is 12.8 Å². The van der Waals surface area contributed by atoms with Gasteiger partial charge in [-0.1, -0.05) is 32.9 Å². The first kappa shape index (κ1) is 19.7. The van der Waals surface area contributed by atoms with Crippen molar-refractivity contribution in [1.82, 2.24) is 9.62 Å². The molecule has 0 spiro atoms. The van der Waals surface area contributed by atoms with Crippen LogP contribution < -0.4 is 10.1 Å². The van der Waals surface area contributed by atoms with Crippen molar-refractivity contribution in [2.45, 2.75) is 45.1 Å². The van der Waals surface area contributed by atoms with E-state index in [2.05, 4.69) is 26.1 Å². The number of piperidine rings is 1. The molecule has 7 heteroatoms. The zero-order valence-corrected chi connectivity index (χ0v) is 16.2. The summed E-state index contributed by atoms with van der Waals surface area (Å²) in [6.07, 6.45) is 2.72. The van der Waals surface area contributed by atoms with Gasteiger partial charge in [0, 0.05) is 19.1 Å².